The minimum Gasteiger partial charge on any atom is -0.354 e. The molecule has 0 bridgehead atoms. The molecular weight excluding hydrogens is 525 g/mol. The summed E-state index contributed by atoms with van der Waals surface area (Å²) in [6, 6.07) is 12.0. The predicted molar refractivity (Wildman–Crippen MR) is 135 cm³/mol. The molecule has 10 heteroatoms. The summed E-state index contributed by atoms with van der Waals surface area (Å²) in [4.78, 5) is 27.3. The van der Waals surface area contributed by atoms with Gasteiger partial charge in [-0.2, -0.15) is 0 Å². The molecule has 0 heterocycles. The number of sulfonamides is 1. The summed E-state index contributed by atoms with van der Waals surface area (Å²) in [6.45, 7) is 4.46. The average molecular weight is 556 g/mol. The molecule has 1 atom stereocenters. The molecule has 0 spiro atoms. The number of carbonyl (C=O) groups excluding carboxylic acids is 2. The predicted octanol–water partition coefficient (Wildman–Crippen LogP) is 4.08. The van der Waals surface area contributed by atoms with Crippen LogP contribution in [0.2, 0.25) is 0 Å². The molecule has 34 heavy (non-hydrogen) atoms. The van der Waals surface area contributed by atoms with Crippen molar-refractivity contribution in [2.45, 2.75) is 45.7 Å². The molecule has 2 amide bonds. The minimum atomic E-state index is -3.62. The smallest absolute Gasteiger partial charge is 0.242 e. The van der Waals surface area contributed by atoms with Gasteiger partial charge in [0.1, 0.15) is 11.9 Å². The van der Waals surface area contributed by atoms with Crippen molar-refractivity contribution in [3.05, 3.63) is 64.4 Å². The second-order valence-electron chi connectivity index (χ2n) is 8.03. The second-order valence-corrected chi connectivity index (χ2v) is 10.9. The zero-order chi connectivity index (χ0) is 25.3. The van der Waals surface area contributed by atoms with Crippen molar-refractivity contribution in [3.8, 4) is 0 Å². The fraction of sp³-hybridized carbons (Fsp3) is 0.417. The van der Waals surface area contributed by atoms with Crippen LogP contribution in [0.1, 0.15) is 38.7 Å². The first-order valence-electron chi connectivity index (χ1n) is 11.1. The largest absolute Gasteiger partial charge is 0.354 e. The van der Waals surface area contributed by atoms with E-state index in [9.17, 15) is 22.4 Å². The summed E-state index contributed by atoms with van der Waals surface area (Å²) in [5, 5.41) is 2.82. The fourth-order valence-electron chi connectivity index (χ4n) is 3.38. The molecule has 0 fully saturated rings. The Bertz CT molecular complexity index is 1060. The molecule has 0 saturated carbocycles. The molecule has 0 aromatic heterocycles. The van der Waals surface area contributed by atoms with Crippen molar-refractivity contribution >= 4 is 43.5 Å². The van der Waals surface area contributed by atoms with E-state index in [1.54, 1.807) is 6.92 Å². The number of anilines is 1. The molecule has 2 rings (SSSR count). The van der Waals surface area contributed by atoms with Crippen molar-refractivity contribution in [3.63, 3.8) is 0 Å². The average Bonchev–Trinajstić information content (AvgIpc) is 2.79. The SMILES string of the molecule is CCCNC(=O)[C@@H](C)N(Cc1ccc(Br)cc1)C(=O)CCCN(c1ccc(F)cc1)S(C)(=O)=O. The summed E-state index contributed by atoms with van der Waals surface area (Å²) in [7, 11) is -3.62. The second kappa shape index (κ2) is 12.9. The maximum absolute atomic E-state index is 13.3. The van der Waals surface area contributed by atoms with Gasteiger partial charge < -0.3 is 10.2 Å². The molecule has 0 saturated heterocycles. The molecule has 186 valence electrons. The molecule has 2 aromatic rings. The Balaban J connectivity index is 2.13. The lowest BCUT2D eigenvalue weighted by molar-refractivity contribution is -0.140. The van der Waals surface area contributed by atoms with Gasteiger partial charge >= 0.3 is 0 Å². The van der Waals surface area contributed by atoms with Gasteiger partial charge in [-0.3, -0.25) is 13.9 Å². The van der Waals surface area contributed by atoms with Crippen molar-refractivity contribution in [2.24, 2.45) is 0 Å². The Morgan fingerprint density at radius 1 is 1.09 bits per heavy atom. The monoisotopic (exact) mass is 555 g/mol. The van der Waals surface area contributed by atoms with Crippen LogP contribution in [-0.2, 0) is 26.2 Å². The first kappa shape index (κ1) is 27.8. The van der Waals surface area contributed by atoms with Gasteiger partial charge in [0.15, 0.2) is 0 Å². The number of rotatable bonds is 12. The molecule has 0 unspecified atom stereocenters. The first-order chi connectivity index (χ1) is 16.0. The topological polar surface area (TPSA) is 86.8 Å². The van der Waals surface area contributed by atoms with Gasteiger partial charge in [0.2, 0.25) is 21.8 Å². The fourth-order valence-corrected chi connectivity index (χ4v) is 4.61. The molecule has 1 N–H and O–H groups in total. The van der Waals surface area contributed by atoms with Crippen LogP contribution in [0.5, 0.6) is 0 Å². The van der Waals surface area contributed by atoms with Gasteiger partial charge in [-0.25, -0.2) is 12.8 Å². The van der Waals surface area contributed by atoms with Crippen molar-refractivity contribution in [1.29, 1.82) is 0 Å². The van der Waals surface area contributed by atoms with Gasteiger partial charge in [-0.15, -0.1) is 0 Å². The van der Waals surface area contributed by atoms with Crippen LogP contribution in [0, 0.1) is 5.82 Å². The molecule has 0 radical (unpaired) electrons. The summed E-state index contributed by atoms with van der Waals surface area (Å²) < 4.78 is 39.9. The molecular formula is C24H31BrFN3O4S. The Labute approximate surface area is 209 Å². The summed E-state index contributed by atoms with van der Waals surface area (Å²) in [5.74, 6) is -0.961. The minimum absolute atomic E-state index is 0.0507. The van der Waals surface area contributed by atoms with Crippen LogP contribution in [0.15, 0.2) is 53.0 Å². The van der Waals surface area contributed by atoms with E-state index < -0.39 is 21.9 Å². The molecule has 0 aliphatic carbocycles. The van der Waals surface area contributed by atoms with E-state index in [2.05, 4.69) is 21.2 Å². The highest BCUT2D eigenvalue weighted by Gasteiger charge is 2.26. The number of benzene rings is 2. The number of halogens is 2. The van der Waals surface area contributed by atoms with E-state index in [4.69, 9.17) is 0 Å². The van der Waals surface area contributed by atoms with E-state index in [1.807, 2.05) is 31.2 Å². The van der Waals surface area contributed by atoms with Crippen LogP contribution in [0.4, 0.5) is 10.1 Å². The first-order valence-corrected chi connectivity index (χ1v) is 13.7. The van der Waals surface area contributed by atoms with Crippen LogP contribution in [0.3, 0.4) is 0 Å². The van der Waals surface area contributed by atoms with Gasteiger partial charge in [0.25, 0.3) is 0 Å². The Morgan fingerprint density at radius 2 is 1.71 bits per heavy atom. The normalized spacial score (nSPS) is 12.1. The number of amides is 2. The van der Waals surface area contributed by atoms with E-state index >= 15 is 0 Å². The Hall–Kier alpha value is -2.46. The number of nitrogens with zero attached hydrogens (tertiary/aromatic N) is 2. The highest BCUT2D eigenvalue weighted by molar-refractivity contribution is 9.10. The number of nitrogens with one attached hydrogen (secondary N) is 1. The van der Waals surface area contributed by atoms with Gasteiger partial charge in [-0.1, -0.05) is 35.0 Å². The zero-order valence-corrected chi connectivity index (χ0v) is 22.0. The summed E-state index contributed by atoms with van der Waals surface area (Å²) >= 11 is 3.39. The Kier molecular flexibility index (Phi) is 10.5. The van der Waals surface area contributed by atoms with Gasteiger partial charge in [-0.05, 0) is 61.7 Å². The third kappa shape index (κ3) is 8.39. The quantitative estimate of drug-likeness (QED) is 0.427. The van der Waals surface area contributed by atoms with E-state index in [0.29, 0.717) is 12.2 Å². The zero-order valence-electron chi connectivity index (χ0n) is 19.6. The molecule has 0 aliphatic heterocycles. The van der Waals surface area contributed by atoms with Crippen molar-refractivity contribution in [2.75, 3.05) is 23.7 Å². The van der Waals surface area contributed by atoms with Crippen LogP contribution >= 0.6 is 15.9 Å². The highest BCUT2D eigenvalue weighted by Crippen LogP contribution is 2.20. The molecule has 0 aliphatic rings. The third-order valence-electron chi connectivity index (χ3n) is 5.25. The summed E-state index contributed by atoms with van der Waals surface area (Å²) in [5.41, 5.74) is 1.20. The van der Waals surface area contributed by atoms with E-state index in [0.717, 1.165) is 27.0 Å². The van der Waals surface area contributed by atoms with Crippen molar-refractivity contribution < 1.29 is 22.4 Å². The number of carbonyl (C=O) groups is 2. The third-order valence-corrected chi connectivity index (χ3v) is 6.97. The maximum Gasteiger partial charge on any atom is 0.242 e. The summed E-state index contributed by atoms with van der Waals surface area (Å²) in [6.07, 6.45) is 2.14. The Morgan fingerprint density at radius 3 is 2.26 bits per heavy atom. The van der Waals surface area contributed by atoms with Crippen molar-refractivity contribution in [1.82, 2.24) is 10.2 Å². The maximum atomic E-state index is 13.3. The lowest BCUT2D eigenvalue weighted by Gasteiger charge is -2.29. The van der Waals surface area contributed by atoms with Crippen LogP contribution in [0.25, 0.3) is 0 Å². The van der Waals surface area contributed by atoms with Gasteiger partial charge in [0.05, 0.1) is 11.9 Å². The number of hydrogen-bond donors (Lipinski definition) is 1. The van der Waals surface area contributed by atoms with Gasteiger partial charge in [0, 0.05) is 30.5 Å². The van der Waals surface area contributed by atoms with E-state index in [-0.39, 0.29) is 37.7 Å². The lowest BCUT2D eigenvalue weighted by Crippen LogP contribution is -2.47. The lowest BCUT2D eigenvalue weighted by atomic mass is 10.1. The number of hydrogen-bond acceptors (Lipinski definition) is 4. The molecule has 2 aromatic carbocycles. The van der Waals surface area contributed by atoms with E-state index in [1.165, 1.54) is 29.2 Å². The standard InChI is InChI=1S/C24H31BrFN3O4S/c1-4-15-27-24(31)18(2)28(17-19-7-9-20(25)10-8-19)23(30)6-5-16-29(34(3,32)33)22-13-11-21(26)12-14-22/h7-14,18H,4-6,15-17H2,1-3H3,(H,27,31)/t18-/m1/s1. The van der Waals surface area contributed by atoms with Crippen LogP contribution in [-0.4, -0.2) is 50.5 Å². The highest BCUT2D eigenvalue weighted by atomic mass is 79.9. The van der Waals surface area contributed by atoms with Crippen LogP contribution < -0.4 is 9.62 Å². The molecule has 7 nitrogen and oxygen atoms in total.